The predicted octanol–water partition coefficient (Wildman–Crippen LogP) is 4.89. The first kappa shape index (κ1) is 22.8. The van der Waals surface area contributed by atoms with E-state index in [1.807, 2.05) is 31.2 Å². The number of rotatable bonds is 6. The largest absolute Gasteiger partial charge is 0.423 e. The fourth-order valence-corrected chi connectivity index (χ4v) is 5.30. The molecule has 0 spiro atoms. The summed E-state index contributed by atoms with van der Waals surface area (Å²) in [5.41, 5.74) is 3.97. The van der Waals surface area contributed by atoms with Crippen LogP contribution in [0, 0.1) is 12.8 Å². The van der Waals surface area contributed by atoms with Crippen LogP contribution in [0.4, 0.5) is 5.69 Å². The van der Waals surface area contributed by atoms with Gasteiger partial charge in [0, 0.05) is 25.3 Å². The first-order valence-corrected chi connectivity index (χ1v) is 11.9. The van der Waals surface area contributed by atoms with Gasteiger partial charge in [0.15, 0.2) is 0 Å². The lowest BCUT2D eigenvalue weighted by molar-refractivity contribution is 0.0733. The van der Waals surface area contributed by atoms with Crippen LogP contribution in [0.25, 0.3) is 0 Å². The number of ether oxygens (including phenoxy) is 2. The van der Waals surface area contributed by atoms with Crippen molar-refractivity contribution in [1.82, 2.24) is 4.90 Å². The summed E-state index contributed by atoms with van der Waals surface area (Å²) in [6.07, 6.45) is 5.05. The van der Waals surface area contributed by atoms with Gasteiger partial charge < -0.3 is 19.3 Å². The van der Waals surface area contributed by atoms with Crippen molar-refractivity contribution < 1.29 is 14.3 Å². The Morgan fingerprint density at radius 1 is 1.09 bits per heavy atom. The molecule has 1 heterocycles. The zero-order valence-electron chi connectivity index (χ0n) is 19.7. The Balaban J connectivity index is 1.51. The molecule has 5 heteroatoms. The van der Waals surface area contributed by atoms with Crippen LogP contribution < -0.4 is 9.64 Å². The fourth-order valence-electron chi connectivity index (χ4n) is 5.30. The number of hydrogen-bond donors (Lipinski definition) is 0. The molecule has 0 aromatic heterocycles. The lowest BCUT2D eigenvalue weighted by Crippen LogP contribution is -2.36. The van der Waals surface area contributed by atoms with E-state index in [-0.39, 0.29) is 5.97 Å². The number of hydrogen-bond acceptors (Lipinski definition) is 5. The van der Waals surface area contributed by atoms with E-state index in [2.05, 4.69) is 42.1 Å². The molecule has 2 fully saturated rings. The number of benzene rings is 2. The molecule has 172 valence electrons. The van der Waals surface area contributed by atoms with Crippen LogP contribution in [0.3, 0.4) is 0 Å². The molecule has 0 bridgehead atoms. The molecule has 5 nitrogen and oxygen atoms in total. The highest BCUT2D eigenvalue weighted by molar-refractivity contribution is 5.94. The summed E-state index contributed by atoms with van der Waals surface area (Å²) >= 11 is 0. The number of carbonyl (C=O) groups is 1. The Bertz CT molecular complexity index is 921. The quantitative estimate of drug-likeness (QED) is 0.477. The van der Waals surface area contributed by atoms with E-state index in [0.717, 1.165) is 44.1 Å². The molecule has 0 unspecified atom stereocenters. The second-order valence-electron chi connectivity index (χ2n) is 9.42. The van der Waals surface area contributed by atoms with Crippen molar-refractivity contribution in [2.45, 2.75) is 38.5 Å². The molecule has 0 N–H and O–H groups in total. The fraction of sp³-hybridized carbons (Fsp3) is 0.519. The van der Waals surface area contributed by atoms with Gasteiger partial charge in [-0.05, 0) is 81.1 Å². The van der Waals surface area contributed by atoms with Gasteiger partial charge in [-0.25, -0.2) is 4.79 Å². The highest BCUT2D eigenvalue weighted by Crippen LogP contribution is 2.39. The number of esters is 1. The zero-order valence-corrected chi connectivity index (χ0v) is 19.7. The van der Waals surface area contributed by atoms with Crippen LogP contribution >= 0.6 is 0 Å². The van der Waals surface area contributed by atoms with Crippen molar-refractivity contribution in [2.75, 3.05) is 51.8 Å². The average Bonchev–Trinajstić information content (AvgIpc) is 2.80. The highest BCUT2D eigenvalue weighted by Gasteiger charge is 2.27. The molecule has 32 heavy (non-hydrogen) atoms. The standard InChI is InChI=1S/C27H36N2O3/c1-20-24(12-7-13-26(20)29-14-16-31-17-15-29)27(30)32-23-10-6-9-21(18-23)25-11-5-4-8-22(25)19-28(2)3/h6-7,9-10,12-13,18,22,25H,4-5,8,11,14-17,19H2,1-3H3/t22-,25+/m1/s1. The predicted molar refractivity (Wildman–Crippen MR) is 129 cm³/mol. The van der Waals surface area contributed by atoms with Gasteiger partial charge in [0.05, 0.1) is 18.8 Å². The minimum atomic E-state index is -0.289. The Kier molecular flexibility index (Phi) is 7.48. The van der Waals surface area contributed by atoms with Gasteiger partial charge in [0.2, 0.25) is 0 Å². The topological polar surface area (TPSA) is 42.0 Å². The minimum absolute atomic E-state index is 0.289. The summed E-state index contributed by atoms with van der Waals surface area (Å²) in [6, 6.07) is 14.1. The third kappa shape index (κ3) is 5.33. The molecule has 4 rings (SSSR count). The lowest BCUT2D eigenvalue weighted by atomic mass is 9.75. The molecule has 0 radical (unpaired) electrons. The monoisotopic (exact) mass is 436 g/mol. The molecule has 2 aromatic rings. The molecule has 1 saturated heterocycles. The first-order chi connectivity index (χ1) is 15.5. The number of carbonyl (C=O) groups excluding carboxylic acids is 1. The summed E-state index contributed by atoms with van der Waals surface area (Å²) in [5.74, 6) is 1.52. The Labute approximate surface area is 192 Å². The SMILES string of the molecule is Cc1c(C(=O)Oc2cccc([C@@H]3CCCC[C@@H]3CN(C)C)c2)cccc1N1CCOCC1. The van der Waals surface area contributed by atoms with Crippen molar-refractivity contribution in [3.8, 4) is 5.75 Å². The van der Waals surface area contributed by atoms with Gasteiger partial charge in [-0.15, -0.1) is 0 Å². The lowest BCUT2D eigenvalue weighted by Gasteiger charge is -2.34. The molecule has 1 aliphatic heterocycles. The Morgan fingerprint density at radius 3 is 2.62 bits per heavy atom. The summed E-state index contributed by atoms with van der Waals surface area (Å²) in [7, 11) is 4.30. The van der Waals surface area contributed by atoms with Crippen LogP contribution in [0.15, 0.2) is 42.5 Å². The smallest absolute Gasteiger partial charge is 0.343 e. The summed E-state index contributed by atoms with van der Waals surface area (Å²) in [6.45, 7) is 6.23. The van der Waals surface area contributed by atoms with E-state index in [1.54, 1.807) is 0 Å². The summed E-state index contributed by atoms with van der Waals surface area (Å²) in [5, 5.41) is 0. The Hall–Kier alpha value is -2.37. The van der Waals surface area contributed by atoms with Crippen molar-refractivity contribution in [3.63, 3.8) is 0 Å². The number of morpholine rings is 1. The second kappa shape index (κ2) is 10.5. The third-order valence-corrected chi connectivity index (χ3v) is 6.88. The first-order valence-electron chi connectivity index (χ1n) is 11.9. The number of anilines is 1. The molecule has 0 amide bonds. The molecule has 2 aromatic carbocycles. The van der Waals surface area contributed by atoms with E-state index >= 15 is 0 Å². The maximum Gasteiger partial charge on any atom is 0.343 e. The molecular formula is C27H36N2O3. The van der Waals surface area contributed by atoms with Crippen molar-refractivity contribution >= 4 is 11.7 Å². The average molecular weight is 437 g/mol. The highest BCUT2D eigenvalue weighted by atomic mass is 16.5. The summed E-state index contributed by atoms with van der Waals surface area (Å²) in [4.78, 5) is 17.7. The van der Waals surface area contributed by atoms with Gasteiger partial charge in [-0.3, -0.25) is 0 Å². The van der Waals surface area contributed by atoms with Crippen LogP contribution in [0.5, 0.6) is 5.75 Å². The Morgan fingerprint density at radius 2 is 1.84 bits per heavy atom. The normalized spacial score (nSPS) is 21.6. The molecule has 2 aliphatic rings. The zero-order chi connectivity index (χ0) is 22.5. The summed E-state index contributed by atoms with van der Waals surface area (Å²) < 4.78 is 11.4. The van der Waals surface area contributed by atoms with E-state index in [0.29, 0.717) is 23.1 Å². The van der Waals surface area contributed by atoms with E-state index in [1.165, 1.54) is 31.2 Å². The van der Waals surface area contributed by atoms with Gasteiger partial charge in [-0.2, -0.15) is 0 Å². The molecule has 1 aliphatic carbocycles. The second-order valence-corrected chi connectivity index (χ2v) is 9.42. The molecule has 2 atom stereocenters. The van der Waals surface area contributed by atoms with E-state index < -0.39 is 0 Å². The maximum atomic E-state index is 13.1. The van der Waals surface area contributed by atoms with E-state index in [9.17, 15) is 4.79 Å². The van der Waals surface area contributed by atoms with E-state index in [4.69, 9.17) is 9.47 Å². The van der Waals surface area contributed by atoms with Crippen LogP contribution in [0.1, 0.15) is 53.1 Å². The third-order valence-electron chi connectivity index (χ3n) is 6.88. The van der Waals surface area contributed by atoms with Crippen molar-refractivity contribution in [2.24, 2.45) is 5.92 Å². The van der Waals surface area contributed by atoms with Gasteiger partial charge in [-0.1, -0.05) is 31.0 Å². The van der Waals surface area contributed by atoms with Crippen LogP contribution in [-0.4, -0.2) is 57.8 Å². The molecular weight excluding hydrogens is 400 g/mol. The van der Waals surface area contributed by atoms with Gasteiger partial charge in [0.25, 0.3) is 0 Å². The van der Waals surface area contributed by atoms with Crippen molar-refractivity contribution in [1.29, 1.82) is 0 Å². The number of nitrogens with zero attached hydrogens (tertiary/aromatic N) is 2. The van der Waals surface area contributed by atoms with Gasteiger partial charge in [0.1, 0.15) is 5.75 Å². The van der Waals surface area contributed by atoms with Crippen molar-refractivity contribution in [3.05, 3.63) is 59.2 Å². The van der Waals surface area contributed by atoms with Crippen LogP contribution in [-0.2, 0) is 4.74 Å². The van der Waals surface area contributed by atoms with Gasteiger partial charge >= 0.3 is 5.97 Å². The minimum Gasteiger partial charge on any atom is -0.423 e. The molecule has 1 saturated carbocycles. The maximum absolute atomic E-state index is 13.1. The van der Waals surface area contributed by atoms with Crippen LogP contribution in [0.2, 0.25) is 0 Å².